The lowest BCUT2D eigenvalue weighted by Gasteiger charge is -2.24. The number of carbonyl (C=O) groups excluding carboxylic acids is 1. The number of nitrogens with one attached hydrogen (secondary N) is 1. The molecule has 0 aromatic carbocycles. The van der Waals surface area contributed by atoms with Crippen LogP contribution in [0.1, 0.15) is 38.0 Å². The van der Waals surface area contributed by atoms with Gasteiger partial charge in [-0.15, -0.1) is 11.3 Å². The second-order valence-electron chi connectivity index (χ2n) is 6.12. The largest absolute Gasteiger partial charge is 0.481 e. The molecular formula is C15H21NO3S. The smallest absolute Gasteiger partial charge is 0.306 e. The van der Waals surface area contributed by atoms with Crippen molar-refractivity contribution in [2.24, 2.45) is 11.8 Å². The van der Waals surface area contributed by atoms with Crippen LogP contribution in [0.15, 0.2) is 17.5 Å². The van der Waals surface area contributed by atoms with E-state index in [0.717, 1.165) is 0 Å². The van der Waals surface area contributed by atoms with Crippen molar-refractivity contribution in [1.29, 1.82) is 0 Å². The highest BCUT2D eigenvalue weighted by molar-refractivity contribution is 7.10. The van der Waals surface area contributed by atoms with E-state index in [1.807, 2.05) is 11.4 Å². The molecule has 0 aliphatic heterocycles. The third-order valence-electron chi connectivity index (χ3n) is 4.05. The molecule has 110 valence electrons. The second-order valence-corrected chi connectivity index (χ2v) is 7.07. The zero-order chi connectivity index (χ0) is 14.8. The number of thiophene rings is 1. The Kier molecular flexibility index (Phi) is 4.48. The number of rotatable bonds is 5. The van der Waals surface area contributed by atoms with E-state index in [0.29, 0.717) is 25.8 Å². The SMILES string of the molecule is CC(C)(CNC(=O)[C@@H]1CC[C@H](C(=O)O)C1)c1cccs1. The minimum atomic E-state index is -0.779. The van der Waals surface area contributed by atoms with Gasteiger partial charge in [-0.05, 0) is 30.7 Å². The molecule has 2 atom stereocenters. The molecule has 5 heteroatoms. The molecule has 1 aliphatic carbocycles. The van der Waals surface area contributed by atoms with Crippen molar-refractivity contribution in [3.63, 3.8) is 0 Å². The molecule has 0 radical (unpaired) electrons. The summed E-state index contributed by atoms with van der Waals surface area (Å²) in [5, 5.41) is 14.0. The molecule has 1 aliphatic rings. The maximum Gasteiger partial charge on any atom is 0.306 e. The summed E-state index contributed by atoms with van der Waals surface area (Å²) in [5.41, 5.74) is -0.0887. The average Bonchev–Trinajstić information content (AvgIpc) is 3.06. The minimum Gasteiger partial charge on any atom is -0.481 e. The quantitative estimate of drug-likeness (QED) is 0.877. The molecule has 0 spiro atoms. The van der Waals surface area contributed by atoms with Crippen molar-refractivity contribution in [2.45, 2.75) is 38.5 Å². The molecule has 1 heterocycles. The lowest BCUT2D eigenvalue weighted by molar-refractivity contribution is -0.141. The molecule has 1 aromatic rings. The fraction of sp³-hybridized carbons (Fsp3) is 0.600. The van der Waals surface area contributed by atoms with Gasteiger partial charge in [0.1, 0.15) is 0 Å². The molecule has 1 fully saturated rings. The summed E-state index contributed by atoms with van der Waals surface area (Å²) in [6.45, 7) is 4.79. The van der Waals surface area contributed by atoms with Gasteiger partial charge in [0.15, 0.2) is 0 Å². The average molecular weight is 295 g/mol. The number of carbonyl (C=O) groups is 2. The summed E-state index contributed by atoms with van der Waals surface area (Å²) >= 11 is 1.69. The van der Waals surface area contributed by atoms with E-state index in [1.165, 1.54) is 4.88 Å². The number of hydrogen-bond acceptors (Lipinski definition) is 3. The second kappa shape index (κ2) is 5.95. The van der Waals surface area contributed by atoms with Crippen LogP contribution in [-0.4, -0.2) is 23.5 Å². The summed E-state index contributed by atoms with van der Waals surface area (Å²) < 4.78 is 0. The van der Waals surface area contributed by atoms with Crippen LogP contribution in [0, 0.1) is 11.8 Å². The normalized spacial score (nSPS) is 22.7. The minimum absolute atomic E-state index is 0.00150. The molecular weight excluding hydrogens is 274 g/mol. The van der Waals surface area contributed by atoms with Crippen molar-refractivity contribution >= 4 is 23.2 Å². The maximum atomic E-state index is 12.1. The molecule has 0 bridgehead atoms. The molecule has 20 heavy (non-hydrogen) atoms. The first-order valence-electron chi connectivity index (χ1n) is 6.94. The summed E-state index contributed by atoms with van der Waals surface area (Å²) in [4.78, 5) is 24.3. The monoisotopic (exact) mass is 295 g/mol. The fourth-order valence-electron chi connectivity index (χ4n) is 2.65. The highest BCUT2D eigenvalue weighted by atomic mass is 32.1. The van der Waals surface area contributed by atoms with Crippen LogP contribution in [0.5, 0.6) is 0 Å². The van der Waals surface area contributed by atoms with Gasteiger partial charge in [-0.25, -0.2) is 0 Å². The van der Waals surface area contributed by atoms with Gasteiger partial charge in [-0.2, -0.15) is 0 Å². The molecule has 1 amide bonds. The predicted molar refractivity (Wildman–Crippen MR) is 78.8 cm³/mol. The van der Waals surface area contributed by atoms with Gasteiger partial charge < -0.3 is 10.4 Å². The van der Waals surface area contributed by atoms with Gasteiger partial charge in [-0.3, -0.25) is 9.59 Å². The number of amides is 1. The van der Waals surface area contributed by atoms with E-state index >= 15 is 0 Å². The third-order valence-corrected chi connectivity index (χ3v) is 5.28. The van der Waals surface area contributed by atoms with E-state index in [2.05, 4.69) is 25.2 Å². The first-order valence-corrected chi connectivity index (χ1v) is 7.82. The van der Waals surface area contributed by atoms with Crippen LogP contribution in [0.3, 0.4) is 0 Å². The van der Waals surface area contributed by atoms with E-state index in [1.54, 1.807) is 11.3 Å². The molecule has 1 aromatic heterocycles. The highest BCUT2D eigenvalue weighted by Crippen LogP contribution is 2.32. The van der Waals surface area contributed by atoms with Gasteiger partial charge in [-0.1, -0.05) is 19.9 Å². The van der Waals surface area contributed by atoms with E-state index in [4.69, 9.17) is 5.11 Å². The van der Waals surface area contributed by atoms with E-state index in [-0.39, 0.29) is 23.2 Å². The summed E-state index contributed by atoms with van der Waals surface area (Å²) in [6.07, 6.45) is 1.77. The Morgan fingerprint density at radius 2 is 2.10 bits per heavy atom. The molecule has 2 rings (SSSR count). The van der Waals surface area contributed by atoms with Crippen LogP contribution >= 0.6 is 11.3 Å². The maximum absolute atomic E-state index is 12.1. The number of carboxylic acid groups (broad SMARTS) is 1. The van der Waals surface area contributed by atoms with Gasteiger partial charge in [0.2, 0.25) is 5.91 Å². The standard InChI is InChI=1S/C15H21NO3S/c1-15(2,12-4-3-7-20-12)9-16-13(17)10-5-6-11(8-10)14(18)19/h3-4,7,10-11H,5-6,8-9H2,1-2H3,(H,16,17)(H,18,19)/t10-,11+/m1/s1. The van der Waals surface area contributed by atoms with E-state index in [9.17, 15) is 9.59 Å². The highest BCUT2D eigenvalue weighted by Gasteiger charge is 2.34. The lowest BCUT2D eigenvalue weighted by atomic mass is 9.91. The first kappa shape index (κ1) is 15.0. The topological polar surface area (TPSA) is 66.4 Å². The molecule has 1 saturated carbocycles. The third kappa shape index (κ3) is 3.39. The van der Waals surface area contributed by atoms with Crippen LogP contribution in [0.2, 0.25) is 0 Å². The van der Waals surface area contributed by atoms with E-state index < -0.39 is 5.97 Å². The van der Waals surface area contributed by atoms with Gasteiger partial charge in [0, 0.05) is 22.8 Å². The predicted octanol–water partition coefficient (Wildman–Crippen LogP) is 2.64. The zero-order valence-electron chi connectivity index (χ0n) is 11.9. The Morgan fingerprint density at radius 3 is 2.65 bits per heavy atom. The lowest BCUT2D eigenvalue weighted by Crippen LogP contribution is -2.39. The van der Waals surface area contributed by atoms with Gasteiger partial charge in [0.05, 0.1) is 5.92 Å². The van der Waals surface area contributed by atoms with Gasteiger partial charge >= 0.3 is 5.97 Å². The Balaban J connectivity index is 1.85. The summed E-state index contributed by atoms with van der Waals surface area (Å²) in [5.74, 6) is -1.27. The Labute approximate surface area is 123 Å². The van der Waals surface area contributed by atoms with Crippen molar-refractivity contribution in [3.8, 4) is 0 Å². The molecule has 2 N–H and O–H groups in total. The molecule has 4 nitrogen and oxygen atoms in total. The molecule has 0 unspecified atom stereocenters. The fourth-order valence-corrected chi connectivity index (χ4v) is 3.50. The Morgan fingerprint density at radius 1 is 1.40 bits per heavy atom. The van der Waals surface area contributed by atoms with Crippen molar-refractivity contribution < 1.29 is 14.7 Å². The van der Waals surface area contributed by atoms with Crippen LogP contribution in [0.25, 0.3) is 0 Å². The number of carboxylic acids is 1. The van der Waals surface area contributed by atoms with Crippen LogP contribution in [0.4, 0.5) is 0 Å². The van der Waals surface area contributed by atoms with Crippen molar-refractivity contribution in [1.82, 2.24) is 5.32 Å². The van der Waals surface area contributed by atoms with Crippen molar-refractivity contribution in [2.75, 3.05) is 6.54 Å². The van der Waals surface area contributed by atoms with Crippen LogP contribution < -0.4 is 5.32 Å². The number of hydrogen-bond donors (Lipinski definition) is 2. The van der Waals surface area contributed by atoms with Gasteiger partial charge in [0.25, 0.3) is 0 Å². The summed E-state index contributed by atoms with van der Waals surface area (Å²) in [6, 6.07) is 4.09. The Hall–Kier alpha value is -1.36. The van der Waals surface area contributed by atoms with Crippen LogP contribution in [-0.2, 0) is 15.0 Å². The summed E-state index contributed by atoms with van der Waals surface area (Å²) in [7, 11) is 0. The first-order chi connectivity index (χ1) is 9.40. The zero-order valence-corrected chi connectivity index (χ0v) is 12.7. The molecule has 0 saturated heterocycles. The number of aliphatic carboxylic acids is 1. The Bertz CT molecular complexity index is 481. The van der Waals surface area contributed by atoms with Crippen molar-refractivity contribution in [3.05, 3.63) is 22.4 Å².